The van der Waals surface area contributed by atoms with E-state index in [0.717, 1.165) is 24.1 Å². The molecule has 3 N–H and O–H groups in total. The molecule has 0 spiro atoms. The number of phenols is 1. The van der Waals surface area contributed by atoms with Crippen LogP contribution in [0.25, 0.3) is 11.3 Å². The van der Waals surface area contributed by atoms with Crippen molar-refractivity contribution in [1.29, 1.82) is 0 Å². The third-order valence-corrected chi connectivity index (χ3v) is 4.07. The van der Waals surface area contributed by atoms with Gasteiger partial charge in [0, 0.05) is 35.1 Å². The molecule has 7 heteroatoms. The number of benzene rings is 1. The fourth-order valence-corrected chi connectivity index (χ4v) is 2.58. The zero-order chi connectivity index (χ0) is 17.2. The third-order valence-electron chi connectivity index (χ3n) is 3.83. The summed E-state index contributed by atoms with van der Waals surface area (Å²) in [6, 6.07) is 10.9. The van der Waals surface area contributed by atoms with Crippen molar-refractivity contribution in [2.45, 2.75) is 18.9 Å². The first-order valence-electron chi connectivity index (χ1n) is 7.99. The van der Waals surface area contributed by atoms with E-state index < -0.39 is 0 Å². The van der Waals surface area contributed by atoms with Crippen LogP contribution < -0.4 is 10.6 Å². The van der Waals surface area contributed by atoms with E-state index in [9.17, 15) is 5.11 Å². The highest BCUT2D eigenvalue weighted by molar-refractivity contribution is 6.30. The summed E-state index contributed by atoms with van der Waals surface area (Å²) < 4.78 is 0. The number of aromatic hydroxyl groups is 1. The quantitative estimate of drug-likeness (QED) is 0.596. The highest BCUT2D eigenvalue weighted by atomic mass is 35.5. The zero-order valence-corrected chi connectivity index (χ0v) is 14.0. The molecule has 1 fully saturated rings. The van der Waals surface area contributed by atoms with Crippen LogP contribution in [0.15, 0.2) is 48.8 Å². The van der Waals surface area contributed by atoms with Crippen molar-refractivity contribution in [1.82, 2.24) is 15.0 Å². The molecule has 0 amide bonds. The van der Waals surface area contributed by atoms with Gasteiger partial charge in [0.2, 0.25) is 5.95 Å². The molecule has 2 aromatic heterocycles. The van der Waals surface area contributed by atoms with E-state index in [4.69, 9.17) is 11.6 Å². The second-order valence-corrected chi connectivity index (χ2v) is 6.34. The van der Waals surface area contributed by atoms with Crippen molar-refractivity contribution in [2.24, 2.45) is 0 Å². The van der Waals surface area contributed by atoms with Gasteiger partial charge in [-0.15, -0.1) is 0 Å². The van der Waals surface area contributed by atoms with Crippen LogP contribution >= 0.6 is 11.6 Å². The Balaban J connectivity index is 1.71. The molecule has 1 saturated carbocycles. The number of aromatic nitrogens is 3. The maximum atomic E-state index is 10.0. The Morgan fingerprint density at radius 1 is 1.04 bits per heavy atom. The predicted molar refractivity (Wildman–Crippen MR) is 98.3 cm³/mol. The topological polar surface area (TPSA) is 83.0 Å². The number of rotatable bonds is 5. The molecule has 0 saturated heterocycles. The fourth-order valence-electron chi connectivity index (χ4n) is 2.40. The molecule has 0 atom stereocenters. The van der Waals surface area contributed by atoms with Gasteiger partial charge >= 0.3 is 0 Å². The molecule has 0 aliphatic heterocycles. The average Bonchev–Trinajstić information content (AvgIpc) is 3.43. The number of nitrogens with one attached hydrogen (secondary N) is 2. The third kappa shape index (κ3) is 3.80. The van der Waals surface area contributed by atoms with E-state index in [-0.39, 0.29) is 5.75 Å². The molecule has 1 aliphatic carbocycles. The van der Waals surface area contributed by atoms with Crippen molar-refractivity contribution >= 4 is 29.1 Å². The van der Waals surface area contributed by atoms with E-state index in [2.05, 4.69) is 25.6 Å². The van der Waals surface area contributed by atoms with Crippen LogP contribution in [0, 0.1) is 0 Å². The molecular formula is C18H16ClN5O. The lowest BCUT2D eigenvalue weighted by Crippen LogP contribution is -2.07. The zero-order valence-electron chi connectivity index (χ0n) is 13.3. The molecule has 25 heavy (non-hydrogen) atoms. The number of nitrogens with zero attached hydrogens (tertiary/aromatic N) is 3. The number of halogens is 1. The fraction of sp³-hybridized carbons (Fsp3) is 0.167. The molecule has 0 bridgehead atoms. The van der Waals surface area contributed by atoms with Crippen LogP contribution in [0.5, 0.6) is 5.75 Å². The molecule has 6 nitrogen and oxygen atoms in total. The molecule has 4 rings (SSSR count). The Kier molecular flexibility index (Phi) is 4.11. The SMILES string of the molecule is Oc1ccc(Cl)cc1Nc1cc(-c2ccncc2)nc(NC2CC2)n1. The average molecular weight is 354 g/mol. The van der Waals surface area contributed by atoms with Crippen LogP contribution in [0.2, 0.25) is 5.02 Å². The Bertz CT molecular complexity index is 899. The smallest absolute Gasteiger partial charge is 0.225 e. The highest BCUT2D eigenvalue weighted by Gasteiger charge is 2.22. The van der Waals surface area contributed by atoms with Crippen LogP contribution in [0.1, 0.15) is 12.8 Å². The van der Waals surface area contributed by atoms with Crippen LogP contribution in [-0.2, 0) is 0 Å². The summed E-state index contributed by atoms with van der Waals surface area (Å²) >= 11 is 6.02. The highest BCUT2D eigenvalue weighted by Crippen LogP contribution is 2.31. The standard InChI is InChI=1S/C18H16ClN5O/c19-12-1-4-16(25)15(9-12)22-17-10-14(11-5-7-20-8-6-11)23-18(24-17)21-13-2-3-13/h1,4-10,13,25H,2-3H2,(H2,21,22,23,24). The summed E-state index contributed by atoms with van der Waals surface area (Å²) in [5, 5.41) is 17.0. The second kappa shape index (κ2) is 6.57. The molecule has 2 heterocycles. The lowest BCUT2D eigenvalue weighted by atomic mass is 10.2. The van der Waals surface area contributed by atoms with Gasteiger partial charge in [0.15, 0.2) is 0 Å². The first-order chi connectivity index (χ1) is 12.2. The number of pyridine rings is 1. The van der Waals surface area contributed by atoms with Crippen LogP contribution in [0.3, 0.4) is 0 Å². The monoisotopic (exact) mass is 353 g/mol. The summed E-state index contributed by atoms with van der Waals surface area (Å²) in [7, 11) is 0. The maximum Gasteiger partial charge on any atom is 0.225 e. The van der Waals surface area contributed by atoms with Gasteiger partial charge in [-0.05, 0) is 43.2 Å². The Morgan fingerprint density at radius 2 is 1.84 bits per heavy atom. The minimum atomic E-state index is 0.102. The lowest BCUT2D eigenvalue weighted by molar-refractivity contribution is 0.477. The van der Waals surface area contributed by atoms with E-state index >= 15 is 0 Å². The van der Waals surface area contributed by atoms with Gasteiger partial charge in [-0.25, -0.2) is 4.98 Å². The van der Waals surface area contributed by atoms with Gasteiger partial charge < -0.3 is 15.7 Å². The van der Waals surface area contributed by atoms with E-state index in [1.165, 1.54) is 0 Å². The van der Waals surface area contributed by atoms with Gasteiger partial charge in [-0.1, -0.05) is 11.6 Å². The van der Waals surface area contributed by atoms with E-state index in [0.29, 0.717) is 28.5 Å². The summed E-state index contributed by atoms with van der Waals surface area (Å²) in [5.74, 6) is 1.23. The molecule has 0 radical (unpaired) electrons. The van der Waals surface area contributed by atoms with Crippen molar-refractivity contribution in [3.63, 3.8) is 0 Å². The summed E-state index contributed by atoms with van der Waals surface area (Å²) in [6.07, 6.45) is 5.70. The number of hydrogen-bond acceptors (Lipinski definition) is 6. The number of phenolic OH excluding ortho intramolecular Hbond substituents is 1. The molecule has 3 aromatic rings. The van der Waals surface area contributed by atoms with E-state index in [1.807, 2.05) is 18.2 Å². The first kappa shape index (κ1) is 15.7. The van der Waals surface area contributed by atoms with E-state index in [1.54, 1.807) is 30.6 Å². The minimum Gasteiger partial charge on any atom is -0.506 e. The van der Waals surface area contributed by atoms with Crippen molar-refractivity contribution in [3.8, 4) is 17.0 Å². The predicted octanol–water partition coefficient (Wildman–Crippen LogP) is 4.22. The Hall–Kier alpha value is -2.86. The maximum absolute atomic E-state index is 10.0. The van der Waals surface area contributed by atoms with Crippen LogP contribution in [-0.4, -0.2) is 26.1 Å². The molecule has 1 aromatic carbocycles. The van der Waals surface area contributed by atoms with Crippen molar-refractivity contribution in [3.05, 3.63) is 53.8 Å². The van der Waals surface area contributed by atoms with Gasteiger partial charge in [0.25, 0.3) is 0 Å². The molecular weight excluding hydrogens is 338 g/mol. The first-order valence-corrected chi connectivity index (χ1v) is 8.37. The normalized spacial score (nSPS) is 13.5. The number of hydrogen-bond donors (Lipinski definition) is 3. The van der Waals surface area contributed by atoms with Gasteiger partial charge in [-0.3, -0.25) is 4.98 Å². The largest absolute Gasteiger partial charge is 0.506 e. The minimum absolute atomic E-state index is 0.102. The second-order valence-electron chi connectivity index (χ2n) is 5.90. The summed E-state index contributed by atoms with van der Waals surface area (Å²) in [5.41, 5.74) is 2.20. The summed E-state index contributed by atoms with van der Waals surface area (Å²) in [6.45, 7) is 0. The number of anilines is 3. The van der Waals surface area contributed by atoms with Crippen molar-refractivity contribution < 1.29 is 5.11 Å². The lowest BCUT2D eigenvalue weighted by Gasteiger charge is -2.12. The van der Waals surface area contributed by atoms with Gasteiger partial charge in [-0.2, -0.15) is 4.98 Å². The van der Waals surface area contributed by atoms with Gasteiger partial charge in [0.05, 0.1) is 11.4 Å². The van der Waals surface area contributed by atoms with Crippen LogP contribution in [0.4, 0.5) is 17.5 Å². The Labute approximate surface area is 149 Å². The van der Waals surface area contributed by atoms with Crippen molar-refractivity contribution in [2.75, 3.05) is 10.6 Å². The van der Waals surface area contributed by atoms with Gasteiger partial charge in [0.1, 0.15) is 11.6 Å². The summed E-state index contributed by atoms with van der Waals surface area (Å²) in [4.78, 5) is 13.1. The molecule has 126 valence electrons. The Morgan fingerprint density at radius 3 is 2.60 bits per heavy atom. The molecule has 1 aliphatic rings. The molecule has 0 unspecified atom stereocenters.